The van der Waals surface area contributed by atoms with E-state index >= 15 is 0 Å². The Balaban J connectivity index is 2.71. The highest BCUT2D eigenvalue weighted by atomic mass is 79.9. The zero-order chi connectivity index (χ0) is 15.3. The Bertz CT molecular complexity index is 508. The third-order valence-electron chi connectivity index (χ3n) is 2.21. The highest BCUT2D eigenvalue weighted by Gasteiger charge is 2.16. The van der Waals surface area contributed by atoms with Crippen molar-refractivity contribution in [2.45, 2.75) is 32.9 Å². The number of halogens is 1. The number of hydrogen-bond acceptors (Lipinski definition) is 4. The molecule has 0 unspecified atom stereocenters. The second kappa shape index (κ2) is 6.74. The summed E-state index contributed by atoms with van der Waals surface area (Å²) in [6.45, 7) is 5.64. The summed E-state index contributed by atoms with van der Waals surface area (Å²) in [7, 11) is 1.32. The van der Waals surface area contributed by atoms with Gasteiger partial charge in [0.05, 0.1) is 12.7 Å². The molecule has 0 spiro atoms. The largest absolute Gasteiger partial charge is 0.465 e. The van der Waals surface area contributed by atoms with Crippen molar-refractivity contribution >= 4 is 28.0 Å². The van der Waals surface area contributed by atoms with Crippen LogP contribution in [0.1, 0.15) is 36.7 Å². The molecule has 20 heavy (non-hydrogen) atoms. The van der Waals surface area contributed by atoms with Gasteiger partial charge >= 0.3 is 12.1 Å². The lowest BCUT2D eigenvalue weighted by Gasteiger charge is -2.19. The van der Waals surface area contributed by atoms with Gasteiger partial charge < -0.3 is 14.8 Å². The quantitative estimate of drug-likeness (QED) is 0.855. The maximum Gasteiger partial charge on any atom is 0.407 e. The number of carbonyl (C=O) groups is 2. The predicted molar refractivity (Wildman–Crippen MR) is 78.6 cm³/mol. The molecule has 0 aliphatic rings. The molecule has 0 heterocycles. The summed E-state index contributed by atoms with van der Waals surface area (Å²) in [5, 5.41) is 2.63. The van der Waals surface area contributed by atoms with Crippen LogP contribution in [0.25, 0.3) is 0 Å². The third kappa shape index (κ3) is 5.61. The molecule has 1 N–H and O–H groups in total. The topological polar surface area (TPSA) is 64.6 Å². The van der Waals surface area contributed by atoms with Crippen LogP contribution in [0.2, 0.25) is 0 Å². The van der Waals surface area contributed by atoms with Gasteiger partial charge in [0.2, 0.25) is 0 Å². The lowest BCUT2D eigenvalue weighted by Crippen LogP contribution is -2.32. The monoisotopic (exact) mass is 343 g/mol. The molecule has 1 aromatic carbocycles. The molecule has 1 amide bonds. The average molecular weight is 344 g/mol. The maximum atomic E-state index is 11.6. The zero-order valence-corrected chi connectivity index (χ0v) is 13.5. The first kappa shape index (κ1) is 16.5. The Hall–Kier alpha value is -1.56. The van der Waals surface area contributed by atoms with Gasteiger partial charge in [0.15, 0.2) is 0 Å². The predicted octanol–water partition coefficient (Wildman–Crippen LogP) is 3.26. The Morgan fingerprint density at radius 1 is 1.25 bits per heavy atom. The molecule has 0 saturated heterocycles. The van der Waals surface area contributed by atoms with Crippen molar-refractivity contribution in [2.75, 3.05) is 7.11 Å². The van der Waals surface area contributed by atoms with Gasteiger partial charge in [0.1, 0.15) is 5.60 Å². The molecule has 1 rings (SSSR count). The van der Waals surface area contributed by atoms with Crippen LogP contribution in [-0.2, 0) is 16.0 Å². The van der Waals surface area contributed by atoms with Crippen molar-refractivity contribution in [1.29, 1.82) is 0 Å². The summed E-state index contributed by atoms with van der Waals surface area (Å²) < 4.78 is 10.5. The second-order valence-corrected chi connectivity index (χ2v) is 6.11. The lowest BCUT2D eigenvalue weighted by atomic mass is 10.1. The van der Waals surface area contributed by atoms with Crippen molar-refractivity contribution < 1.29 is 19.1 Å². The first-order valence-corrected chi connectivity index (χ1v) is 6.85. The molecular weight excluding hydrogens is 326 g/mol. The molecule has 1 aromatic rings. The molecule has 0 aromatic heterocycles. The van der Waals surface area contributed by atoms with E-state index in [0.29, 0.717) is 5.56 Å². The Kier molecular flexibility index (Phi) is 5.56. The van der Waals surface area contributed by atoms with Gasteiger partial charge in [-0.05, 0) is 44.5 Å². The van der Waals surface area contributed by atoms with Crippen molar-refractivity contribution in [3.8, 4) is 0 Å². The van der Waals surface area contributed by atoms with Gasteiger partial charge in [-0.3, -0.25) is 0 Å². The van der Waals surface area contributed by atoms with Crippen molar-refractivity contribution in [3.05, 3.63) is 33.8 Å². The number of nitrogens with one attached hydrogen (secondary N) is 1. The standard InChI is InChI=1S/C14H18BrNO4/c1-14(2,3)20-13(18)16-8-9-5-10(12(17)19-4)7-11(15)6-9/h5-7H,8H2,1-4H3,(H,16,18). The highest BCUT2D eigenvalue weighted by Crippen LogP contribution is 2.17. The van der Waals surface area contributed by atoms with Gasteiger partial charge in [0.25, 0.3) is 0 Å². The Labute approximate surface area is 126 Å². The summed E-state index contributed by atoms with van der Waals surface area (Å²) in [6.07, 6.45) is -0.503. The van der Waals surface area contributed by atoms with Gasteiger partial charge in [0, 0.05) is 11.0 Å². The van der Waals surface area contributed by atoms with E-state index in [1.807, 2.05) is 6.07 Å². The summed E-state index contributed by atoms with van der Waals surface area (Å²) in [5.41, 5.74) is 0.645. The molecule has 0 atom stereocenters. The maximum absolute atomic E-state index is 11.6. The minimum atomic E-state index is -0.543. The minimum Gasteiger partial charge on any atom is -0.465 e. The van der Waals surface area contributed by atoms with Crippen molar-refractivity contribution in [2.24, 2.45) is 0 Å². The fourth-order valence-corrected chi connectivity index (χ4v) is 2.02. The van der Waals surface area contributed by atoms with Crippen LogP contribution in [0, 0.1) is 0 Å². The molecule has 0 fully saturated rings. The number of esters is 1. The molecule has 110 valence electrons. The SMILES string of the molecule is COC(=O)c1cc(Br)cc(CNC(=O)OC(C)(C)C)c1. The Morgan fingerprint density at radius 2 is 1.90 bits per heavy atom. The normalized spacial score (nSPS) is 10.8. The van der Waals surface area contributed by atoms with Crippen LogP contribution in [-0.4, -0.2) is 24.8 Å². The first-order valence-electron chi connectivity index (χ1n) is 6.06. The van der Waals surface area contributed by atoms with E-state index in [1.165, 1.54) is 7.11 Å². The highest BCUT2D eigenvalue weighted by molar-refractivity contribution is 9.10. The molecule has 0 bridgehead atoms. The summed E-state index contributed by atoms with van der Waals surface area (Å²) in [5.74, 6) is -0.426. The van der Waals surface area contributed by atoms with Crippen LogP contribution >= 0.6 is 15.9 Å². The van der Waals surface area contributed by atoms with E-state index in [-0.39, 0.29) is 6.54 Å². The lowest BCUT2D eigenvalue weighted by molar-refractivity contribution is 0.0523. The Morgan fingerprint density at radius 3 is 2.45 bits per heavy atom. The molecule has 0 radical (unpaired) electrons. The number of hydrogen-bond donors (Lipinski definition) is 1. The summed E-state index contributed by atoms with van der Waals surface area (Å²) in [6, 6.07) is 5.13. The molecule has 0 saturated carbocycles. The first-order chi connectivity index (χ1) is 9.21. The number of rotatable bonds is 3. The van der Waals surface area contributed by atoms with Crippen LogP contribution in [0.5, 0.6) is 0 Å². The average Bonchev–Trinajstić information content (AvgIpc) is 2.32. The van der Waals surface area contributed by atoms with Crippen LogP contribution in [0.3, 0.4) is 0 Å². The van der Waals surface area contributed by atoms with Crippen LogP contribution < -0.4 is 5.32 Å². The van der Waals surface area contributed by atoms with Gasteiger partial charge in [-0.25, -0.2) is 9.59 Å². The third-order valence-corrected chi connectivity index (χ3v) is 2.67. The van der Waals surface area contributed by atoms with Gasteiger partial charge in [-0.1, -0.05) is 15.9 Å². The fraction of sp³-hybridized carbons (Fsp3) is 0.429. The molecular formula is C14H18BrNO4. The fourth-order valence-electron chi connectivity index (χ4n) is 1.48. The molecule has 0 aliphatic carbocycles. The number of amides is 1. The van der Waals surface area contributed by atoms with Crippen molar-refractivity contribution in [3.63, 3.8) is 0 Å². The second-order valence-electron chi connectivity index (χ2n) is 5.20. The van der Waals surface area contributed by atoms with E-state index in [2.05, 4.69) is 26.0 Å². The van der Waals surface area contributed by atoms with Gasteiger partial charge in [-0.15, -0.1) is 0 Å². The summed E-state index contributed by atoms with van der Waals surface area (Å²) in [4.78, 5) is 23.0. The smallest absolute Gasteiger partial charge is 0.407 e. The molecule has 0 aliphatic heterocycles. The number of carbonyl (C=O) groups excluding carboxylic acids is 2. The van der Waals surface area contributed by atoms with E-state index < -0.39 is 17.7 Å². The van der Waals surface area contributed by atoms with Gasteiger partial charge in [-0.2, -0.15) is 0 Å². The van der Waals surface area contributed by atoms with E-state index in [0.717, 1.165) is 10.0 Å². The zero-order valence-electron chi connectivity index (χ0n) is 12.0. The molecule has 5 nitrogen and oxygen atoms in total. The minimum absolute atomic E-state index is 0.262. The van der Waals surface area contributed by atoms with Crippen LogP contribution in [0.4, 0.5) is 4.79 Å². The van der Waals surface area contributed by atoms with E-state index in [1.54, 1.807) is 32.9 Å². The number of ether oxygens (including phenoxy) is 2. The molecule has 6 heteroatoms. The number of benzene rings is 1. The number of methoxy groups -OCH3 is 1. The van der Waals surface area contributed by atoms with E-state index in [9.17, 15) is 9.59 Å². The van der Waals surface area contributed by atoms with Crippen LogP contribution in [0.15, 0.2) is 22.7 Å². The van der Waals surface area contributed by atoms with Crippen molar-refractivity contribution in [1.82, 2.24) is 5.32 Å². The summed E-state index contributed by atoms with van der Waals surface area (Å²) >= 11 is 3.31. The van der Waals surface area contributed by atoms with E-state index in [4.69, 9.17) is 4.74 Å². The number of alkyl carbamates (subject to hydrolysis) is 1.